The van der Waals surface area contributed by atoms with Gasteiger partial charge in [0.1, 0.15) is 5.69 Å². The molecule has 2 aromatic rings. The summed E-state index contributed by atoms with van der Waals surface area (Å²) in [5.41, 5.74) is 2.68. The summed E-state index contributed by atoms with van der Waals surface area (Å²) in [6.07, 6.45) is 6.40. The maximum absolute atomic E-state index is 12.9. The van der Waals surface area contributed by atoms with E-state index in [1.165, 1.54) is 12.3 Å². The van der Waals surface area contributed by atoms with Gasteiger partial charge in [-0.2, -0.15) is 10.2 Å². The minimum atomic E-state index is -0.324. The number of nitrogens with zero attached hydrogens (tertiary/aromatic N) is 5. The van der Waals surface area contributed by atoms with Crippen LogP contribution in [0.25, 0.3) is 6.08 Å². The van der Waals surface area contributed by atoms with Crippen LogP contribution in [-0.4, -0.2) is 62.6 Å². The fourth-order valence-corrected chi connectivity index (χ4v) is 3.14. The maximum atomic E-state index is 12.9. The van der Waals surface area contributed by atoms with Crippen LogP contribution in [0.1, 0.15) is 35.6 Å². The number of anilines is 1. The summed E-state index contributed by atoms with van der Waals surface area (Å²) in [5, 5.41) is 11.3. The fraction of sp³-hybridized carbons (Fsp3) is 0.474. The van der Waals surface area contributed by atoms with Gasteiger partial charge in [0.05, 0.1) is 31.3 Å². The monoisotopic (exact) mass is 386 g/mol. The number of hydrogen-bond acceptors (Lipinski definition) is 5. The molecule has 9 heteroatoms. The first-order chi connectivity index (χ1) is 13.5. The van der Waals surface area contributed by atoms with Crippen molar-refractivity contribution in [2.24, 2.45) is 0 Å². The van der Waals surface area contributed by atoms with Crippen LogP contribution in [0.15, 0.2) is 18.5 Å². The second-order valence-corrected chi connectivity index (χ2v) is 6.45. The number of morpholine rings is 1. The zero-order valence-corrected chi connectivity index (χ0v) is 16.5. The Balaban J connectivity index is 1.75. The number of aryl methyl sites for hydroxylation is 2. The molecule has 3 rings (SSSR count). The smallest absolute Gasteiger partial charge is 0.274 e. The van der Waals surface area contributed by atoms with E-state index in [1.54, 1.807) is 21.9 Å². The Morgan fingerprint density at radius 2 is 1.82 bits per heavy atom. The first-order valence-corrected chi connectivity index (χ1v) is 9.49. The van der Waals surface area contributed by atoms with Crippen LogP contribution in [-0.2, 0) is 22.6 Å². The van der Waals surface area contributed by atoms with Gasteiger partial charge in [-0.05, 0) is 26.8 Å². The van der Waals surface area contributed by atoms with Crippen molar-refractivity contribution in [1.29, 1.82) is 0 Å². The van der Waals surface area contributed by atoms with Gasteiger partial charge in [-0.25, -0.2) is 0 Å². The zero-order chi connectivity index (χ0) is 20.1. The molecule has 1 aliphatic rings. The first-order valence-electron chi connectivity index (χ1n) is 9.49. The SMILES string of the molecule is CCn1ncc(/C=C/C(=O)Nc2cnn(CC)c2C(=O)N2CCOCC2)c1C. The molecule has 1 fully saturated rings. The fourth-order valence-electron chi connectivity index (χ4n) is 3.14. The van der Waals surface area contributed by atoms with Crippen LogP contribution >= 0.6 is 0 Å². The van der Waals surface area contributed by atoms with Crippen LogP contribution in [0.4, 0.5) is 5.69 Å². The van der Waals surface area contributed by atoms with Gasteiger partial charge in [-0.1, -0.05) is 0 Å². The molecule has 9 nitrogen and oxygen atoms in total. The number of carbonyl (C=O) groups excluding carboxylic acids is 2. The van der Waals surface area contributed by atoms with Crippen molar-refractivity contribution in [3.05, 3.63) is 35.4 Å². The Morgan fingerprint density at radius 1 is 1.14 bits per heavy atom. The highest BCUT2D eigenvalue weighted by molar-refractivity contribution is 6.06. The third-order valence-electron chi connectivity index (χ3n) is 4.75. The molecule has 0 saturated carbocycles. The minimum absolute atomic E-state index is 0.151. The Hall–Kier alpha value is -2.94. The molecule has 3 heterocycles. The van der Waals surface area contributed by atoms with Gasteiger partial charge in [-0.3, -0.25) is 19.0 Å². The number of hydrogen-bond donors (Lipinski definition) is 1. The highest BCUT2D eigenvalue weighted by atomic mass is 16.5. The van der Waals surface area contributed by atoms with E-state index in [0.717, 1.165) is 17.8 Å². The molecule has 0 unspecified atom stereocenters. The van der Waals surface area contributed by atoms with E-state index >= 15 is 0 Å². The molecule has 150 valence electrons. The Kier molecular flexibility index (Phi) is 6.25. The summed E-state index contributed by atoms with van der Waals surface area (Å²) in [7, 11) is 0. The third-order valence-corrected chi connectivity index (χ3v) is 4.75. The molecule has 0 radical (unpaired) electrons. The molecule has 1 N–H and O–H groups in total. The zero-order valence-electron chi connectivity index (χ0n) is 16.5. The molecule has 28 heavy (non-hydrogen) atoms. The first kappa shape index (κ1) is 19.8. The van der Waals surface area contributed by atoms with Gasteiger partial charge in [0.15, 0.2) is 0 Å². The predicted molar refractivity (Wildman–Crippen MR) is 105 cm³/mol. The number of ether oxygens (including phenoxy) is 1. The molecule has 2 amide bonds. The second kappa shape index (κ2) is 8.83. The maximum Gasteiger partial charge on any atom is 0.274 e. The van der Waals surface area contributed by atoms with Gasteiger partial charge in [-0.15, -0.1) is 0 Å². The Labute approximate surface area is 163 Å². The summed E-state index contributed by atoms with van der Waals surface area (Å²) >= 11 is 0. The van der Waals surface area contributed by atoms with E-state index in [0.29, 0.717) is 44.2 Å². The summed E-state index contributed by atoms with van der Waals surface area (Å²) < 4.78 is 8.78. The summed E-state index contributed by atoms with van der Waals surface area (Å²) in [4.78, 5) is 27.1. The molecular formula is C19H26N6O3. The van der Waals surface area contributed by atoms with Crippen molar-refractivity contribution < 1.29 is 14.3 Å². The van der Waals surface area contributed by atoms with Gasteiger partial charge in [0.25, 0.3) is 5.91 Å². The Morgan fingerprint density at radius 3 is 2.46 bits per heavy atom. The predicted octanol–water partition coefficient (Wildman–Crippen LogP) is 1.55. The van der Waals surface area contributed by atoms with Crippen LogP contribution in [0.2, 0.25) is 0 Å². The van der Waals surface area contributed by atoms with Gasteiger partial charge >= 0.3 is 0 Å². The molecule has 0 bridgehead atoms. The number of rotatable bonds is 6. The molecule has 1 saturated heterocycles. The normalized spacial score (nSPS) is 14.6. The Bertz CT molecular complexity index is 876. The van der Waals surface area contributed by atoms with Crippen molar-refractivity contribution in [1.82, 2.24) is 24.5 Å². The minimum Gasteiger partial charge on any atom is -0.378 e. The van der Waals surface area contributed by atoms with Crippen LogP contribution in [0, 0.1) is 6.92 Å². The molecule has 0 atom stereocenters. The molecule has 1 aliphatic heterocycles. The van der Waals surface area contributed by atoms with E-state index in [9.17, 15) is 9.59 Å². The van der Waals surface area contributed by atoms with Gasteiger partial charge in [0, 0.05) is 43.5 Å². The lowest BCUT2D eigenvalue weighted by Gasteiger charge is -2.27. The van der Waals surface area contributed by atoms with Gasteiger partial charge in [0.2, 0.25) is 5.91 Å². The van der Waals surface area contributed by atoms with Crippen molar-refractivity contribution in [3.8, 4) is 0 Å². The van der Waals surface area contributed by atoms with Crippen molar-refractivity contribution >= 4 is 23.6 Å². The highest BCUT2D eigenvalue weighted by Crippen LogP contribution is 2.19. The van der Waals surface area contributed by atoms with Crippen LogP contribution in [0.5, 0.6) is 0 Å². The molecule has 2 aromatic heterocycles. The highest BCUT2D eigenvalue weighted by Gasteiger charge is 2.25. The van der Waals surface area contributed by atoms with E-state index in [4.69, 9.17) is 4.74 Å². The topological polar surface area (TPSA) is 94.3 Å². The van der Waals surface area contributed by atoms with E-state index < -0.39 is 0 Å². The lowest BCUT2D eigenvalue weighted by molar-refractivity contribution is -0.111. The summed E-state index contributed by atoms with van der Waals surface area (Å²) in [6, 6.07) is 0. The lowest BCUT2D eigenvalue weighted by Crippen LogP contribution is -2.41. The van der Waals surface area contributed by atoms with E-state index in [2.05, 4.69) is 15.5 Å². The number of carbonyl (C=O) groups is 2. The van der Waals surface area contributed by atoms with E-state index in [1.807, 2.05) is 25.5 Å². The number of aromatic nitrogens is 4. The molecular weight excluding hydrogens is 360 g/mol. The second-order valence-electron chi connectivity index (χ2n) is 6.45. The van der Waals surface area contributed by atoms with Crippen LogP contribution < -0.4 is 5.32 Å². The quantitative estimate of drug-likeness (QED) is 0.760. The largest absolute Gasteiger partial charge is 0.378 e. The summed E-state index contributed by atoms with van der Waals surface area (Å²) in [5.74, 6) is -0.475. The molecule has 0 aromatic carbocycles. The van der Waals surface area contributed by atoms with Gasteiger partial charge < -0.3 is 15.0 Å². The average molecular weight is 386 g/mol. The molecule has 0 spiro atoms. The van der Waals surface area contributed by atoms with Crippen molar-refractivity contribution in [2.75, 3.05) is 31.6 Å². The van der Waals surface area contributed by atoms with E-state index in [-0.39, 0.29) is 11.8 Å². The molecule has 0 aliphatic carbocycles. The average Bonchev–Trinajstić information content (AvgIpc) is 3.29. The van der Waals surface area contributed by atoms with Crippen LogP contribution in [0.3, 0.4) is 0 Å². The lowest BCUT2D eigenvalue weighted by atomic mass is 10.2. The summed E-state index contributed by atoms with van der Waals surface area (Å²) in [6.45, 7) is 9.27. The number of nitrogens with one attached hydrogen (secondary N) is 1. The third kappa shape index (κ3) is 4.14. The standard InChI is InChI=1S/C19H26N6O3/c1-4-24-14(3)15(12-20-24)6-7-17(26)22-16-13-21-25(5-2)18(16)19(27)23-8-10-28-11-9-23/h6-7,12-13H,4-5,8-11H2,1-3H3,(H,22,26)/b7-6+. The number of amides is 2. The van der Waals surface area contributed by atoms with Crippen molar-refractivity contribution in [3.63, 3.8) is 0 Å². The van der Waals surface area contributed by atoms with Crippen molar-refractivity contribution in [2.45, 2.75) is 33.9 Å².